The minimum Gasteiger partial charge on any atom is -0.497 e. The molecule has 0 heterocycles. The highest BCUT2D eigenvalue weighted by Gasteiger charge is 2.05. The Balaban J connectivity index is 2.71. The van der Waals surface area contributed by atoms with Crippen LogP contribution in [0.5, 0.6) is 11.5 Å². The Hall–Kier alpha value is -1.69. The number of carbonyl (C=O) groups excluding carboxylic acids is 1. The number of rotatable bonds is 5. The molecular weight excluding hydrogens is 300 g/mol. The number of nitrogens with one attached hydrogen (secondary N) is 2. The summed E-state index contributed by atoms with van der Waals surface area (Å²) in [7, 11) is 3.10. The molecule has 0 saturated heterocycles. The summed E-state index contributed by atoms with van der Waals surface area (Å²) < 4.78 is 10.9. The highest BCUT2D eigenvalue weighted by Crippen LogP contribution is 2.25. The zero-order valence-electron chi connectivity index (χ0n) is 10.2. The van der Waals surface area contributed by atoms with E-state index >= 15 is 0 Å². The third-order valence-electron chi connectivity index (χ3n) is 2.05. The molecule has 0 aromatic heterocycles. The van der Waals surface area contributed by atoms with Crippen molar-refractivity contribution in [2.45, 2.75) is 0 Å². The molecular formula is C12H15BrN2O3. The van der Waals surface area contributed by atoms with Gasteiger partial charge in [-0.05, 0) is 0 Å². The molecule has 2 amide bonds. The molecule has 0 aliphatic heterocycles. The Morgan fingerprint density at radius 2 is 1.83 bits per heavy atom. The monoisotopic (exact) mass is 314 g/mol. The summed E-state index contributed by atoms with van der Waals surface area (Å²) in [5, 5.41) is 5.30. The minimum absolute atomic E-state index is 0.328. The van der Waals surface area contributed by atoms with Crippen molar-refractivity contribution >= 4 is 27.6 Å². The van der Waals surface area contributed by atoms with Crippen LogP contribution in [-0.4, -0.2) is 26.8 Å². The summed E-state index contributed by atoms with van der Waals surface area (Å²) in [6, 6.07) is 4.80. The average molecular weight is 315 g/mol. The standard InChI is InChI=1S/C12H15BrN2O3/c1-8(13)7-14-12(16)15-9-4-10(17-2)6-11(5-9)18-3/h4-6H,1,7H2,2-3H3,(H2,14,15,16). The van der Waals surface area contributed by atoms with Crippen molar-refractivity contribution in [1.29, 1.82) is 0 Å². The van der Waals surface area contributed by atoms with Crippen LogP contribution in [0, 0.1) is 0 Å². The minimum atomic E-state index is -0.328. The van der Waals surface area contributed by atoms with Gasteiger partial charge in [0.25, 0.3) is 0 Å². The van der Waals surface area contributed by atoms with Crippen LogP contribution in [0.3, 0.4) is 0 Å². The van der Waals surface area contributed by atoms with Gasteiger partial charge in [-0.1, -0.05) is 22.5 Å². The van der Waals surface area contributed by atoms with Crippen molar-refractivity contribution < 1.29 is 14.3 Å². The highest BCUT2D eigenvalue weighted by molar-refractivity contribution is 9.11. The van der Waals surface area contributed by atoms with Crippen LogP contribution >= 0.6 is 15.9 Å². The van der Waals surface area contributed by atoms with E-state index in [2.05, 4.69) is 33.1 Å². The van der Waals surface area contributed by atoms with E-state index in [1.54, 1.807) is 32.4 Å². The van der Waals surface area contributed by atoms with Crippen LogP contribution in [0.4, 0.5) is 10.5 Å². The number of benzene rings is 1. The second-order valence-corrected chi connectivity index (χ2v) is 4.55. The van der Waals surface area contributed by atoms with Crippen LogP contribution in [0.25, 0.3) is 0 Å². The molecule has 0 radical (unpaired) electrons. The van der Waals surface area contributed by atoms with Crippen molar-refractivity contribution in [2.24, 2.45) is 0 Å². The largest absolute Gasteiger partial charge is 0.497 e. The van der Waals surface area contributed by atoms with E-state index in [1.165, 1.54) is 0 Å². The molecule has 0 fully saturated rings. The van der Waals surface area contributed by atoms with Gasteiger partial charge in [-0.15, -0.1) is 0 Å². The average Bonchev–Trinajstić information content (AvgIpc) is 2.35. The third kappa shape index (κ3) is 4.67. The van der Waals surface area contributed by atoms with Gasteiger partial charge in [-0.2, -0.15) is 0 Å². The van der Waals surface area contributed by atoms with Crippen LogP contribution in [-0.2, 0) is 0 Å². The summed E-state index contributed by atoms with van der Waals surface area (Å²) in [6.07, 6.45) is 0. The first-order valence-electron chi connectivity index (χ1n) is 5.16. The fourth-order valence-electron chi connectivity index (χ4n) is 1.23. The number of amides is 2. The van der Waals surface area contributed by atoms with Gasteiger partial charge < -0.3 is 20.1 Å². The summed E-state index contributed by atoms with van der Waals surface area (Å²) in [5.74, 6) is 1.21. The second kappa shape index (κ2) is 6.90. The van der Waals surface area contributed by atoms with E-state index in [-0.39, 0.29) is 6.03 Å². The Morgan fingerprint density at radius 3 is 2.28 bits per heavy atom. The number of methoxy groups -OCH3 is 2. The van der Waals surface area contributed by atoms with E-state index < -0.39 is 0 Å². The lowest BCUT2D eigenvalue weighted by atomic mass is 10.3. The number of hydrogen-bond acceptors (Lipinski definition) is 3. The quantitative estimate of drug-likeness (QED) is 0.878. The van der Waals surface area contributed by atoms with Gasteiger partial charge in [0, 0.05) is 28.4 Å². The zero-order chi connectivity index (χ0) is 13.5. The number of anilines is 1. The van der Waals surface area contributed by atoms with E-state index in [1.807, 2.05) is 0 Å². The smallest absolute Gasteiger partial charge is 0.319 e. The van der Waals surface area contributed by atoms with Crippen molar-refractivity contribution in [2.75, 3.05) is 26.1 Å². The first-order chi connectivity index (χ1) is 8.55. The van der Waals surface area contributed by atoms with Crippen LogP contribution < -0.4 is 20.1 Å². The maximum absolute atomic E-state index is 11.6. The fraction of sp³-hybridized carbons (Fsp3) is 0.250. The maximum atomic E-state index is 11.6. The van der Waals surface area contributed by atoms with E-state index in [0.29, 0.717) is 28.2 Å². The van der Waals surface area contributed by atoms with Crippen LogP contribution in [0.1, 0.15) is 0 Å². The van der Waals surface area contributed by atoms with Gasteiger partial charge in [0.05, 0.1) is 20.8 Å². The van der Waals surface area contributed by atoms with Gasteiger partial charge in [-0.25, -0.2) is 4.79 Å². The summed E-state index contributed by atoms with van der Waals surface area (Å²) in [5.41, 5.74) is 0.587. The van der Waals surface area contributed by atoms with Crippen LogP contribution in [0.2, 0.25) is 0 Å². The molecule has 1 aromatic rings. The Labute approximate surface area is 114 Å². The number of halogens is 1. The molecule has 6 heteroatoms. The van der Waals surface area contributed by atoms with E-state index in [9.17, 15) is 4.79 Å². The summed E-state index contributed by atoms with van der Waals surface area (Å²) in [4.78, 5) is 11.6. The number of urea groups is 1. The fourth-order valence-corrected chi connectivity index (χ4v) is 1.37. The molecule has 0 atom stereocenters. The summed E-state index contributed by atoms with van der Waals surface area (Å²) >= 11 is 3.16. The molecule has 1 rings (SSSR count). The molecule has 0 aliphatic carbocycles. The molecule has 18 heavy (non-hydrogen) atoms. The van der Waals surface area contributed by atoms with E-state index in [4.69, 9.17) is 9.47 Å². The first-order valence-corrected chi connectivity index (χ1v) is 5.95. The Bertz CT molecular complexity index is 427. The van der Waals surface area contributed by atoms with Crippen molar-refractivity contribution in [3.63, 3.8) is 0 Å². The Kier molecular flexibility index (Phi) is 5.51. The lowest BCUT2D eigenvalue weighted by Gasteiger charge is -2.10. The molecule has 1 aromatic carbocycles. The molecule has 0 saturated carbocycles. The number of hydrogen-bond donors (Lipinski definition) is 2. The normalized spacial score (nSPS) is 9.50. The first kappa shape index (κ1) is 14.4. The number of carbonyl (C=O) groups is 1. The van der Waals surface area contributed by atoms with Gasteiger partial charge >= 0.3 is 6.03 Å². The molecule has 5 nitrogen and oxygen atoms in total. The maximum Gasteiger partial charge on any atom is 0.319 e. The highest BCUT2D eigenvalue weighted by atomic mass is 79.9. The third-order valence-corrected chi connectivity index (χ3v) is 2.33. The Morgan fingerprint density at radius 1 is 1.28 bits per heavy atom. The van der Waals surface area contributed by atoms with Gasteiger partial charge in [0.15, 0.2) is 0 Å². The van der Waals surface area contributed by atoms with E-state index in [0.717, 1.165) is 0 Å². The summed E-state index contributed by atoms with van der Waals surface area (Å²) in [6.45, 7) is 3.98. The zero-order valence-corrected chi connectivity index (χ0v) is 11.8. The SMILES string of the molecule is C=C(Br)CNC(=O)Nc1cc(OC)cc(OC)c1. The van der Waals surface area contributed by atoms with Crippen molar-refractivity contribution in [3.8, 4) is 11.5 Å². The topological polar surface area (TPSA) is 59.6 Å². The predicted molar refractivity (Wildman–Crippen MR) is 74.6 cm³/mol. The molecule has 0 aliphatic rings. The molecule has 0 bridgehead atoms. The number of ether oxygens (including phenoxy) is 2. The second-order valence-electron chi connectivity index (χ2n) is 3.43. The van der Waals surface area contributed by atoms with Crippen LogP contribution in [0.15, 0.2) is 29.3 Å². The van der Waals surface area contributed by atoms with Gasteiger partial charge in [-0.3, -0.25) is 0 Å². The van der Waals surface area contributed by atoms with Gasteiger partial charge in [0.2, 0.25) is 0 Å². The molecule has 98 valence electrons. The van der Waals surface area contributed by atoms with Crippen molar-refractivity contribution in [1.82, 2.24) is 5.32 Å². The molecule has 0 unspecified atom stereocenters. The predicted octanol–water partition coefficient (Wildman–Crippen LogP) is 2.73. The van der Waals surface area contributed by atoms with Gasteiger partial charge in [0.1, 0.15) is 11.5 Å². The lowest BCUT2D eigenvalue weighted by molar-refractivity contribution is 0.253. The molecule has 0 spiro atoms. The lowest BCUT2D eigenvalue weighted by Crippen LogP contribution is -2.29. The molecule has 2 N–H and O–H groups in total. The van der Waals surface area contributed by atoms with Crippen molar-refractivity contribution in [3.05, 3.63) is 29.3 Å².